The van der Waals surface area contributed by atoms with Crippen molar-refractivity contribution in [2.45, 2.75) is 62.4 Å². The van der Waals surface area contributed by atoms with Gasteiger partial charge in [0.25, 0.3) is 0 Å². The number of alkyl halides is 1. The number of hydrogen-bond donors (Lipinski definition) is 1. The van der Waals surface area contributed by atoms with Crippen LogP contribution in [0.3, 0.4) is 0 Å². The number of epoxide rings is 1. The Morgan fingerprint density at radius 1 is 1.29 bits per heavy atom. The smallest absolute Gasteiger partial charge is 0.422 e. The Kier molecular flexibility index (Phi) is 3.00. The molecule has 3 spiro atoms. The van der Waals surface area contributed by atoms with E-state index in [1.165, 1.54) is 0 Å². The maximum absolute atomic E-state index is 14.4. The van der Waals surface area contributed by atoms with Crippen molar-refractivity contribution in [3.63, 3.8) is 0 Å². The van der Waals surface area contributed by atoms with Gasteiger partial charge < -0.3 is 19.3 Å². The van der Waals surface area contributed by atoms with Crippen LogP contribution in [0.25, 0.3) is 0 Å². The number of ketones is 1. The zero-order valence-electron chi connectivity index (χ0n) is 16.4. The number of carbonyl (C=O) groups is 2. The largest absolute Gasteiger partial charge is 0.509 e. The standard InChI is InChI=1S/C21H25BrO6/c1-8-6-19-9(2)5-10-12(18(10,3)4)11(14(19)23)13(22)20(7-26-20)16(24)21(19)15(8)27-17(25)28-21/h6,9-13,15-16,24H,5,7H2,1-4H3/t9-,10-,11-,12-,13-,15+,16-,19-,20-,21-/m1/s1. The van der Waals surface area contributed by atoms with E-state index in [1.807, 2.05) is 13.0 Å². The van der Waals surface area contributed by atoms with Crippen LogP contribution < -0.4 is 0 Å². The second-order valence-corrected chi connectivity index (χ2v) is 11.4. The van der Waals surface area contributed by atoms with E-state index in [4.69, 9.17) is 14.2 Å². The molecule has 6 aliphatic rings. The van der Waals surface area contributed by atoms with E-state index in [-0.39, 0.29) is 33.8 Å². The van der Waals surface area contributed by atoms with Crippen LogP contribution in [0.5, 0.6) is 0 Å². The minimum atomic E-state index is -1.46. The van der Waals surface area contributed by atoms with Crippen LogP contribution in [0.1, 0.15) is 34.1 Å². The van der Waals surface area contributed by atoms with Gasteiger partial charge in [-0.05, 0) is 42.1 Å². The lowest BCUT2D eigenvalue weighted by Gasteiger charge is -2.47. The fourth-order valence-electron chi connectivity index (χ4n) is 7.63. The van der Waals surface area contributed by atoms with Crippen molar-refractivity contribution >= 4 is 27.9 Å². The number of hydrogen-bond acceptors (Lipinski definition) is 6. The first-order valence-electron chi connectivity index (χ1n) is 10.1. The second kappa shape index (κ2) is 4.70. The fourth-order valence-corrected chi connectivity index (χ4v) is 8.71. The van der Waals surface area contributed by atoms with Crippen molar-refractivity contribution in [1.29, 1.82) is 0 Å². The lowest BCUT2D eigenvalue weighted by molar-refractivity contribution is -0.171. The summed E-state index contributed by atoms with van der Waals surface area (Å²) in [5.41, 5.74) is -2.64. The van der Waals surface area contributed by atoms with Crippen LogP contribution >= 0.6 is 15.9 Å². The highest BCUT2D eigenvalue weighted by Crippen LogP contribution is 2.75. The van der Waals surface area contributed by atoms with Gasteiger partial charge in [0.2, 0.25) is 5.60 Å². The summed E-state index contributed by atoms with van der Waals surface area (Å²) in [5, 5.41) is 11.7. The summed E-state index contributed by atoms with van der Waals surface area (Å²) in [6.07, 6.45) is 0.0843. The van der Waals surface area contributed by atoms with Crippen molar-refractivity contribution in [2.24, 2.45) is 34.5 Å². The van der Waals surface area contributed by atoms with Crippen molar-refractivity contribution in [3.05, 3.63) is 11.6 Å². The molecular formula is C21H25BrO6. The minimum absolute atomic E-state index is 0.0616. The maximum atomic E-state index is 14.4. The van der Waals surface area contributed by atoms with Gasteiger partial charge in [0.1, 0.15) is 11.7 Å². The Balaban J connectivity index is 1.66. The van der Waals surface area contributed by atoms with Gasteiger partial charge in [-0.3, -0.25) is 4.79 Å². The summed E-state index contributed by atoms with van der Waals surface area (Å²) in [6.45, 7) is 8.72. The Morgan fingerprint density at radius 2 is 1.96 bits per heavy atom. The molecule has 0 unspecified atom stereocenters. The number of aliphatic hydroxyl groups is 1. The number of Topliss-reactive ketones (excluding diaryl/α,β-unsaturated/α-hetero) is 1. The number of carbonyl (C=O) groups excluding carboxylic acids is 2. The third-order valence-corrected chi connectivity index (χ3v) is 10.5. The van der Waals surface area contributed by atoms with Gasteiger partial charge in [-0.2, -0.15) is 0 Å². The van der Waals surface area contributed by atoms with Gasteiger partial charge in [-0.15, -0.1) is 0 Å². The monoisotopic (exact) mass is 452 g/mol. The van der Waals surface area contributed by atoms with E-state index in [0.717, 1.165) is 12.0 Å². The molecule has 152 valence electrons. The molecule has 0 radical (unpaired) electrons. The topological polar surface area (TPSA) is 85.4 Å². The van der Waals surface area contributed by atoms with E-state index in [9.17, 15) is 14.7 Å². The normalized spacial score (nSPS) is 59.9. The predicted octanol–water partition coefficient (Wildman–Crippen LogP) is 2.61. The minimum Gasteiger partial charge on any atom is -0.422 e. The molecule has 1 N–H and O–H groups in total. The van der Waals surface area contributed by atoms with Crippen LogP contribution in [-0.4, -0.2) is 51.9 Å². The van der Waals surface area contributed by atoms with Gasteiger partial charge in [-0.1, -0.05) is 42.8 Å². The molecule has 0 aromatic carbocycles. The third kappa shape index (κ3) is 1.54. The van der Waals surface area contributed by atoms with E-state index in [2.05, 4.69) is 36.7 Å². The first-order chi connectivity index (χ1) is 13.1. The average Bonchev–Trinajstić information content (AvgIpc) is 3.46. The van der Waals surface area contributed by atoms with Crippen molar-refractivity contribution in [3.8, 4) is 0 Å². The molecule has 2 heterocycles. The second-order valence-electron chi connectivity index (χ2n) is 10.4. The zero-order chi connectivity index (χ0) is 20.0. The number of fused-ring (bicyclic) bond motifs is 3. The molecule has 5 fully saturated rings. The Bertz CT molecular complexity index is 861. The first-order valence-corrected chi connectivity index (χ1v) is 11.1. The van der Waals surface area contributed by atoms with Crippen LogP contribution in [0, 0.1) is 34.5 Å². The molecule has 0 aromatic rings. The van der Waals surface area contributed by atoms with Crippen molar-refractivity contribution in [1.82, 2.24) is 0 Å². The summed E-state index contributed by atoms with van der Waals surface area (Å²) in [4.78, 5) is 26.3. The van der Waals surface area contributed by atoms with Gasteiger partial charge in [0, 0.05) is 5.92 Å². The Hall–Kier alpha value is -0.920. The molecular weight excluding hydrogens is 428 g/mol. The molecule has 0 aromatic heterocycles. The molecule has 3 saturated carbocycles. The average molecular weight is 453 g/mol. The van der Waals surface area contributed by atoms with Crippen LogP contribution in [0.15, 0.2) is 11.6 Å². The summed E-state index contributed by atoms with van der Waals surface area (Å²) in [7, 11) is 0. The maximum Gasteiger partial charge on any atom is 0.509 e. The molecule has 6 nitrogen and oxygen atoms in total. The number of halogens is 1. The lowest BCUT2D eigenvalue weighted by atomic mass is 9.59. The number of rotatable bonds is 0. The van der Waals surface area contributed by atoms with Gasteiger partial charge in [0.15, 0.2) is 11.9 Å². The third-order valence-electron chi connectivity index (χ3n) is 9.12. The molecule has 2 saturated heterocycles. The first kappa shape index (κ1) is 17.9. The molecule has 0 amide bonds. The summed E-state index contributed by atoms with van der Waals surface area (Å²) < 4.78 is 17.3. The Labute approximate surface area is 172 Å². The van der Waals surface area contributed by atoms with Gasteiger partial charge in [0.05, 0.1) is 16.8 Å². The van der Waals surface area contributed by atoms with E-state index in [0.29, 0.717) is 12.5 Å². The molecule has 28 heavy (non-hydrogen) atoms. The highest BCUT2D eigenvalue weighted by Gasteiger charge is 2.86. The molecule has 10 atom stereocenters. The van der Waals surface area contributed by atoms with Crippen LogP contribution in [0.2, 0.25) is 0 Å². The number of aliphatic hydroxyl groups excluding tert-OH is 1. The Morgan fingerprint density at radius 3 is 2.61 bits per heavy atom. The summed E-state index contributed by atoms with van der Waals surface area (Å²) in [5.74, 6) is 0.317. The van der Waals surface area contributed by atoms with Crippen molar-refractivity contribution in [2.75, 3.05) is 6.61 Å². The molecule has 2 bridgehead atoms. The van der Waals surface area contributed by atoms with Gasteiger partial charge in [-0.25, -0.2) is 4.79 Å². The van der Waals surface area contributed by atoms with E-state index < -0.39 is 35.0 Å². The molecule has 6 rings (SSSR count). The molecule has 4 aliphatic carbocycles. The van der Waals surface area contributed by atoms with Crippen LogP contribution in [-0.2, 0) is 19.0 Å². The SMILES string of the molecule is CC1=C[C@]23C(=O)[C@H]([C@H]4[C@@H](C[C@H]2C)C4(C)C)[C@@H](Br)[C@]2(CO2)[C@@H](O)[C@@]32OC(=O)O[C@@H]12. The lowest BCUT2D eigenvalue weighted by Crippen LogP contribution is -2.66. The quantitative estimate of drug-likeness (QED) is 0.263. The highest BCUT2D eigenvalue weighted by molar-refractivity contribution is 9.09. The van der Waals surface area contributed by atoms with Crippen molar-refractivity contribution < 1.29 is 28.9 Å². The van der Waals surface area contributed by atoms with Gasteiger partial charge >= 0.3 is 6.16 Å². The summed E-state index contributed by atoms with van der Waals surface area (Å²) >= 11 is 3.79. The molecule has 7 heteroatoms. The summed E-state index contributed by atoms with van der Waals surface area (Å²) in [6, 6.07) is 0. The zero-order valence-corrected chi connectivity index (χ0v) is 18.0. The fraction of sp³-hybridized carbons (Fsp3) is 0.810. The highest BCUT2D eigenvalue weighted by atomic mass is 79.9. The van der Waals surface area contributed by atoms with E-state index >= 15 is 0 Å². The van der Waals surface area contributed by atoms with Crippen LogP contribution in [0.4, 0.5) is 4.79 Å². The molecule has 2 aliphatic heterocycles. The van der Waals surface area contributed by atoms with E-state index in [1.54, 1.807) is 0 Å². The number of ether oxygens (including phenoxy) is 3. The predicted molar refractivity (Wildman–Crippen MR) is 101 cm³/mol.